The fraction of sp³-hybridized carbons (Fsp3) is 0.167. The van der Waals surface area contributed by atoms with Crippen molar-refractivity contribution < 1.29 is 4.74 Å². The summed E-state index contributed by atoms with van der Waals surface area (Å²) in [6.07, 6.45) is 2.09. The van der Waals surface area contributed by atoms with Crippen LogP contribution in [0.4, 0.5) is 0 Å². The van der Waals surface area contributed by atoms with Crippen LogP contribution in [0.2, 0.25) is 5.02 Å². The first kappa shape index (κ1) is 11.9. The monoisotopic (exact) mass is 264 g/mol. The highest BCUT2D eigenvalue weighted by Gasteiger charge is 2.10. The first-order valence-electron chi connectivity index (χ1n) is 4.90. The van der Waals surface area contributed by atoms with Crippen LogP contribution in [0.1, 0.15) is 4.88 Å². The number of benzene rings is 1. The molecule has 1 aromatic carbocycles. The predicted octanol–water partition coefficient (Wildman–Crippen LogP) is 3.54. The number of hydrogen-bond acceptors (Lipinski definition) is 4. The van der Waals surface area contributed by atoms with Crippen LogP contribution in [0.15, 0.2) is 24.4 Å². The number of nitriles is 1. The molecule has 0 N–H and O–H groups in total. The van der Waals surface area contributed by atoms with Gasteiger partial charge in [-0.2, -0.15) is 5.26 Å². The SMILES string of the molecule is COc1ccc(Cl)cc1-c1ncc(CC#N)s1. The number of nitrogens with zero attached hydrogens (tertiary/aromatic N) is 2. The highest BCUT2D eigenvalue weighted by atomic mass is 35.5. The summed E-state index contributed by atoms with van der Waals surface area (Å²) in [5.41, 5.74) is 0.856. The van der Waals surface area contributed by atoms with Gasteiger partial charge in [0.2, 0.25) is 0 Å². The number of hydrogen-bond donors (Lipinski definition) is 0. The van der Waals surface area contributed by atoms with Crippen molar-refractivity contribution in [2.24, 2.45) is 0 Å². The summed E-state index contributed by atoms with van der Waals surface area (Å²) in [6.45, 7) is 0. The van der Waals surface area contributed by atoms with E-state index in [1.165, 1.54) is 11.3 Å². The van der Waals surface area contributed by atoms with Gasteiger partial charge in [0.1, 0.15) is 10.8 Å². The van der Waals surface area contributed by atoms with Crippen LogP contribution in [0.5, 0.6) is 5.75 Å². The third-order valence-electron chi connectivity index (χ3n) is 2.20. The zero-order valence-corrected chi connectivity index (χ0v) is 10.7. The molecular formula is C12H9ClN2OS. The van der Waals surface area contributed by atoms with Crippen molar-refractivity contribution in [2.45, 2.75) is 6.42 Å². The molecule has 86 valence electrons. The Morgan fingerprint density at radius 2 is 2.35 bits per heavy atom. The minimum atomic E-state index is 0.376. The molecular weight excluding hydrogens is 256 g/mol. The molecule has 0 saturated heterocycles. The second-order valence-corrected chi connectivity index (χ2v) is 4.86. The van der Waals surface area contributed by atoms with Gasteiger partial charge in [0.15, 0.2) is 0 Å². The van der Waals surface area contributed by atoms with Crippen LogP contribution >= 0.6 is 22.9 Å². The minimum absolute atomic E-state index is 0.376. The quantitative estimate of drug-likeness (QED) is 0.852. The van der Waals surface area contributed by atoms with Crippen molar-refractivity contribution in [1.29, 1.82) is 5.26 Å². The third kappa shape index (κ3) is 2.57. The summed E-state index contributed by atoms with van der Waals surface area (Å²) >= 11 is 7.44. The van der Waals surface area contributed by atoms with Crippen LogP contribution in [0.3, 0.4) is 0 Å². The second-order valence-electron chi connectivity index (χ2n) is 3.31. The average molecular weight is 265 g/mol. The molecule has 0 bridgehead atoms. The summed E-state index contributed by atoms with van der Waals surface area (Å²) in [6, 6.07) is 7.50. The van der Waals surface area contributed by atoms with Crippen LogP contribution in [-0.4, -0.2) is 12.1 Å². The minimum Gasteiger partial charge on any atom is -0.496 e. The fourth-order valence-electron chi connectivity index (χ4n) is 1.44. The van der Waals surface area contributed by atoms with Crippen LogP contribution < -0.4 is 4.74 Å². The van der Waals surface area contributed by atoms with Gasteiger partial charge in [-0.05, 0) is 18.2 Å². The molecule has 0 fully saturated rings. The molecule has 0 aliphatic carbocycles. The largest absolute Gasteiger partial charge is 0.496 e. The summed E-state index contributed by atoms with van der Waals surface area (Å²) < 4.78 is 5.27. The van der Waals surface area contributed by atoms with E-state index in [1.807, 2.05) is 12.1 Å². The zero-order valence-electron chi connectivity index (χ0n) is 9.11. The molecule has 3 nitrogen and oxygen atoms in total. The first-order valence-corrected chi connectivity index (χ1v) is 6.09. The Morgan fingerprint density at radius 3 is 3.06 bits per heavy atom. The first-order chi connectivity index (χ1) is 8.24. The number of ether oxygens (including phenoxy) is 1. The normalized spacial score (nSPS) is 9.94. The third-order valence-corrected chi connectivity index (χ3v) is 3.46. The van der Waals surface area contributed by atoms with Crippen LogP contribution in [0.25, 0.3) is 10.6 Å². The summed E-state index contributed by atoms with van der Waals surface area (Å²) in [7, 11) is 1.61. The van der Waals surface area contributed by atoms with Gasteiger partial charge < -0.3 is 4.74 Å². The molecule has 0 aliphatic heterocycles. The van der Waals surface area contributed by atoms with Gasteiger partial charge in [0, 0.05) is 16.1 Å². The van der Waals surface area contributed by atoms with E-state index in [0.29, 0.717) is 11.4 Å². The van der Waals surface area contributed by atoms with E-state index in [0.717, 1.165) is 21.2 Å². The molecule has 1 heterocycles. The van der Waals surface area contributed by atoms with E-state index >= 15 is 0 Å². The Kier molecular flexibility index (Phi) is 3.62. The average Bonchev–Trinajstić information content (AvgIpc) is 2.78. The number of halogens is 1. The Bertz CT molecular complexity index is 574. The lowest BCUT2D eigenvalue weighted by Gasteiger charge is -2.05. The number of aromatic nitrogens is 1. The molecule has 0 saturated carbocycles. The molecule has 0 amide bonds. The van der Waals surface area contributed by atoms with Crippen molar-refractivity contribution in [3.05, 3.63) is 34.3 Å². The molecule has 0 radical (unpaired) electrons. The Hall–Kier alpha value is -1.57. The van der Waals surface area contributed by atoms with Crippen molar-refractivity contribution in [3.8, 4) is 22.4 Å². The predicted molar refractivity (Wildman–Crippen MR) is 68.4 cm³/mol. The standard InChI is InChI=1S/C12H9ClN2OS/c1-16-11-3-2-8(13)6-10(11)12-15-7-9(17-12)4-5-14/h2-3,6-7H,4H2,1H3. The van der Waals surface area contributed by atoms with E-state index in [2.05, 4.69) is 11.1 Å². The number of rotatable bonds is 3. The maximum Gasteiger partial charge on any atom is 0.129 e. The number of methoxy groups -OCH3 is 1. The molecule has 1 aromatic heterocycles. The van der Waals surface area contributed by atoms with E-state index in [9.17, 15) is 0 Å². The molecule has 0 unspecified atom stereocenters. The topological polar surface area (TPSA) is 45.9 Å². The summed E-state index contributed by atoms with van der Waals surface area (Å²) in [4.78, 5) is 5.22. The lowest BCUT2D eigenvalue weighted by molar-refractivity contribution is 0.416. The van der Waals surface area contributed by atoms with Gasteiger partial charge in [-0.25, -0.2) is 4.98 Å². The van der Waals surface area contributed by atoms with Gasteiger partial charge in [-0.3, -0.25) is 0 Å². The van der Waals surface area contributed by atoms with Crippen LogP contribution in [-0.2, 0) is 6.42 Å². The molecule has 2 aromatic rings. The van der Waals surface area contributed by atoms with E-state index in [4.69, 9.17) is 21.6 Å². The maximum absolute atomic E-state index is 8.63. The molecule has 0 spiro atoms. The van der Waals surface area contributed by atoms with Crippen LogP contribution in [0, 0.1) is 11.3 Å². The lowest BCUT2D eigenvalue weighted by atomic mass is 10.2. The summed E-state index contributed by atoms with van der Waals surface area (Å²) in [5, 5.41) is 10.1. The molecule has 17 heavy (non-hydrogen) atoms. The Morgan fingerprint density at radius 1 is 1.53 bits per heavy atom. The molecule has 0 aliphatic rings. The smallest absolute Gasteiger partial charge is 0.129 e. The van der Waals surface area contributed by atoms with E-state index < -0.39 is 0 Å². The second kappa shape index (κ2) is 5.17. The van der Waals surface area contributed by atoms with Crippen molar-refractivity contribution >= 4 is 22.9 Å². The van der Waals surface area contributed by atoms with Gasteiger partial charge in [0.25, 0.3) is 0 Å². The molecule has 2 rings (SSSR count). The van der Waals surface area contributed by atoms with Gasteiger partial charge >= 0.3 is 0 Å². The molecule has 0 atom stereocenters. The lowest BCUT2D eigenvalue weighted by Crippen LogP contribution is -1.86. The van der Waals surface area contributed by atoms with Gasteiger partial charge in [0.05, 0.1) is 25.2 Å². The highest BCUT2D eigenvalue weighted by Crippen LogP contribution is 2.34. The number of thiazole rings is 1. The van der Waals surface area contributed by atoms with Crippen molar-refractivity contribution in [1.82, 2.24) is 4.98 Å². The van der Waals surface area contributed by atoms with Crippen molar-refractivity contribution in [3.63, 3.8) is 0 Å². The fourth-order valence-corrected chi connectivity index (χ4v) is 2.48. The highest BCUT2D eigenvalue weighted by molar-refractivity contribution is 7.15. The zero-order chi connectivity index (χ0) is 12.3. The Balaban J connectivity index is 2.44. The van der Waals surface area contributed by atoms with Gasteiger partial charge in [-0.1, -0.05) is 11.6 Å². The van der Waals surface area contributed by atoms with Crippen molar-refractivity contribution in [2.75, 3.05) is 7.11 Å². The summed E-state index contributed by atoms with van der Waals surface area (Å²) in [5.74, 6) is 0.729. The van der Waals surface area contributed by atoms with Gasteiger partial charge in [-0.15, -0.1) is 11.3 Å². The molecule has 5 heteroatoms. The Labute approximate surface area is 108 Å². The van der Waals surface area contributed by atoms with E-state index in [-0.39, 0.29) is 0 Å². The maximum atomic E-state index is 8.63. The van der Waals surface area contributed by atoms with E-state index in [1.54, 1.807) is 19.4 Å².